The number of rotatable bonds is 5. The Morgan fingerprint density at radius 2 is 1.89 bits per heavy atom. The standard InChI is InChI=1S/C18H16N6O3/c1-26-13-5-4-12(9-14(13)27-2)21-18-22-17-16(19-7-8-24(17)23-18)11-3-6-15(25)20-10-11/h3-10H,1-2H3,(H,20,25)(H,21,23). The third kappa shape index (κ3) is 3.17. The van der Waals surface area contributed by atoms with Crippen LogP contribution in [0.3, 0.4) is 0 Å². The summed E-state index contributed by atoms with van der Waals surface area (Å²) in [6, 6.07) is 8.66. The number of aromatic hydroxyl groups is 1. The first-order chi connectivity index (χ1) is 13.2. The second-order valence-electron chi connectivity index (χ2n) is 5.58. The molecule has 27 heavy (non-hydrogen) atoms. The Hall–Kier alpha value is -3.88. The predicted molar refractivity (Wildman–Crippen MR) is 98.5 cm³/mol. The molecule has 4 aromatic rings. The van der Waals surface area contributed by atoms with Gasteiger partial charge in [0.15, 0.2) is 17.1 Å². The molecule has 3 heterocycles. The fourth-order valence-electron chi connectivity index (χ4n) is 2.64. The lowest BCUT2D eigenvalue weighted by Crippen LogP contribution is -1.96. The number of nitrogens with zero attached hydrogens (tertiary/aromatic N) is 5. The highest BCUT2D eigenvalue weighted by molar-refractivity contribution is 5.74. The van der Waals surface area contributed by atoms with Gasteiger partial charge in [-0.15, -0.1) is 5.10 Å². The number of nitrogens with one attached hydrogen (secondary N) is 1. The number of benzene rings is 1. The predicted octanol–water partition coefficient (Wildman–Crippen LogP) is 2.65. The van der Waals surface area contributed by atoms with E-state index in [2.05, 4.69) is 25.4 Å². The second-order valence-corrected chi connectivity index (χ2v) is 5.58. The van der Waals surface area contributed by atoms with Gasteiger partial charge in [0, 0.05) is 42.0 Å². The number of pyridine rings is 1. The molecule has 0 aliphatic rings. The van der Waals surface area contributed by atoms with Crippen LogP contribution in [0.15, 0.2) is 48.9 Å². The van der Waals surface area contributed by atoms with Crippen LogP contribution in [0, 0.1) is 0 Å². The van der Waals surface area contributed by atoms with Crippen molar-refractivity contribution in [3.63, 3.8) is 0 Å². The van der Waals surface area contributed by atoms with Crippen molar-refractivity contribution in [3.05, 3.63) is 48.9 Å². The van der Waals surface area contributed by atoms with Crippen molar-refractivity contribution in [1.29, 1.82) is 0 Å². The van der Waals surface area contributed by atoms with E-state index in [1.807, 2.05) is 6.07 Å². The molecule has 0 saturated carbocycles. The third-order valence-corrected chi connectivity index (χ3v) is 3.92. The molecule has 1 aromatic carbocycles. The summed E-state index contributed by atoms with van der Waals surface area (Å²) in [6.45, 7) is 0. The van der Waals surface area contributed by atoms with Crippen molar-refractivity contribution in [2.75, 3.05) is 19.5 Å². The smallest absolute Gasteiger partial charge is 0.247 e. The molecule has 0 aliphatic carbocycles. The number of ether oxygens (including phenoxy) is 2. The van der Waals surface area contributed by atoms with E-state index in [4.69, 9.17) is 9.47 Å². The Morgan fingerprint density at radius 1 is 1.04 bits per heavy atom. The number of anilines is 2. The van der Waals surface area contributed by atoms with E-state index < -0.39 is 0 Å². The first-order valence-electron chi connectivity index (χ1n) is 8.04. The second kappa shape index (κ2) is 6.79. The molecule has 0 fully saturated rings. The average molecular weight is 364 g/mol. The summed E-state index contributed by atoms with van der Waals surface area (Å²) in [5, 5.41) is 16.9. The summed E-state index contributed by atoms with van der Waals surface area (Å²) in [7, 11) is 3.16. The van der Waals surface area contributed by atoms with E-state index in [1.165, 1.54) is 12.3 Å². The van der Waals surface area contributed by atoms with Gasteiger partial charge >= 0.3 is 0 Å². The van der Waals surface area contributed by atoms with Crippen LogP contribution in [0.1, 0.15) is 0 Å². The first kappa shape index (κ1) is 16.6. The largest absolute Gasteiger partial charge is 0.493 e. The van der Waals surface area contributed by atoms with Crippen molar-refractivity contribution >= 4 is 17.3 Å². The average Bonchev–Trinajstić information content (AvgIpc) is 3.11. The van der Waals surface area contributed by atoms with E-state index >= 15 is 0 Å². The molecule has 3 aromatic heterocycles. The van der Waals surface area contributed by atoms with E-state index in [1.54, 1.807) is 49.3 Å². The van der Waals surface area contributed by atoms with Gasteiger partial charge in [-0.25, -0.2) is 9.50 Å². The molecule has 0 atom stereocenters. The number of aromatic nitrogens is 5. The Kier molecular flexibility index (Phi) is 4.17. The molecule has 0 spiro atoms. The molecule has 9 nitrogen and oxygen atoms in total. The monoisotopic (exact) mass is 364 g/mol. The van der Waals surface area contributed by atoms with E-state index in [0.717, 1.165) is 11.3 Å². The van der Waals surface area contributed by atoms with Crippen LogP contribution >= 0.6 is 0 Å². The molecule has 0 radical (unpaired) electrons. The summed E-state index contributed by atoms with van der Waals surface area (Å²) < 4.78 is 12.2. The number of hydrogen-bond donors (Lipinski definition) is 2. The summed E-state index contributed by atoms with van der Waals surface area (Å²) >= 11 is 0. The van der Waals surface area contributed by atoms with Crippen molar-refractivity contribution in [2.24, 2.45) is 0 Å². The number of hydrogen-bond acceptors (Lipinski definition) is 8. The van der Waals surface area contributed by atoms with E-state index in [-0.39, 0.29) is 5.88 Å². The van der Waals surface area contributed by atoms with Crippen LogP contribution in [0.2, 0.25) is 0 Å². The third-order valence-electron chi connectivity index (χ3n) is 3.92. The highest BCUT2D eigenvalue weighted by Gasteiger charge is 2.12. The van der Waals surface area contributed by atoms with Crippen LogP contribution in [0.25, 0.3) is 16.9 Å². The minimum Gasteiger partial charge on any atom is -0.493 e. The Bertz CT molecular complexity index is 1090. The molecular formula is C18H16N6O3. The zero-order chi connectivity index (χ0) is 18.8. The lowest BCUT2D eigenvalue weighted by atomic mass is 10.2. The lowest BCUT2D eigenvalue weighted by Gasteiger charge is -2.09. The van der Waals surface area contributed by atoms with Crippen molar-refractivity contribution in [2.45, 2.75) is 0 Å². The van der Waals surface area contributed by atoms with Crippen molar-refractivity contribution in [1.82, 2.24) is 24.6 Å². The fraction of sp³-hybridized carbons (Fsp3) is 0.111. The maximum absolute atomic E-state index is 9.37. The van der Waals surface area contributed by atoms with E-state index in [9.17, 15) is 5.11 Å². The highest BCUT2D eigenvalue weighted by Crippen LogP contribution is 2.31. The lowest BCUT2D eigenvalue weighted by molar-refractivity contribution is 0.355. The van der Waals surface area contributed by atoms with Gasteiger partial charge in [-0.2, -0.15) is 4.98 Å². The first-order valence-corrected chi connectivity index (χ1v) is 8.04. The van der Waals surface area contributed by atoms with E-state index in [0.29, 0.717) is 28.8 Å². The summed E-state index contributed by atoms with van der Waals surface area (Å²) in [4.78, 5) is 12.8. The van der Waals surface area contributed by atoms with Gasteiger partial charge in [-0.3, -0.25) is 4.98 Å². The van der Waals surface area contributed by atoms with Crippen LogP contribution in [0.4, 0.5) is 11.6 Å². The molecule has 0 aliphatic heterocycles. The van der Waals surface area contributed by atoms with Gasteiger partial charge in [0.05, 0.1) is 14.2 Å². The van der Waals surface area contributed by atoms with Gasteiger partial charge < -0.3 is 19.9 Å². The Balaban J connectivity index is 1.70. The van der Waals surface area contributed by atoms with Crippen LogP contribution in [-0.4, -0.2) is 43.9 Å². The van der Waals surface area contributed by atoms with Crippen molar-refractivity contribution < 1.29 is 14.6 Å². The molecule has 0 bridgehead atoms. The quantitative estimate of drug-likeness (QED) is 0.557. The maximum atomic E-state index is 9.37. The SMILES string of the molecule is COc1ccc(Nc2nc3c(-c4ccc(O)nc4)nccn3n2)cc1OC. The van der Waals surface area contributed by atoms with Crippen LogP contribution < -0.4 is 14.8 Å². The molecule has 136 valence electrons. The maximum Gasteiger partial charge on any atom is 0.247 e. The Labute approximate surface area is 154 Å². The molecule has 0 amide bonds. The number of fused-ring (bicyclic) bond motifs is 1. The number of methoxy groups -OCH3 is 2. The van der Waals surface area contributed by atoms with Gasteiger partial charge in [-0.1, -0.05) is 0 Å². The zero-order valence-electron chi connectivity index (χ0n) is 14.6. The van der Waals surface area contributed by atoms with Crippen molar-refractivity contribution in [3.8, 4) is 28.6 Å². The van der Waals surface area contributed by atoms with Crippen LogP contribution in [0.5, 0.6) is 17.4 Å². The molecule has 4 rings (SSSR count). The topological polar surface area (TPSA) is 107 Å². The summed E-state index contributed by atoms with van der Waals surface area (Å²) in [5.41, 5.74) is 2.65. The zero-order valence-corrected chi connectivity index (χ0v) is 14.6. The fourth-order valence-corrected chi connectivity index (χ4v) is 2.64. The molecule has 9 heteroatoms. The molecule has 2 N–H and O–H groups in total. The van der Waals surface area contributed by atoms with Gasteiger partial charge in [0.25, 0.3) is 0 Å². The van der Waals surface area contributed by atoms with Gasteiger partial charge in [0.2, 0.25) is 11.8 Å². The Morgan fingerprint density at radius 3 is 2.63 bits per heavy atom. The summed E-state index contributed by atoms with van der Waals surface area (Å²) in [5.74, 6) is 1.59. The minimum atomic E-state index is -0.0528. The van der Waals surface area contributed by atoms with Gasteiger partial charge in [0.1, 0.15) is 5.69 Å². The molecule has 0 saturated heterocycles. The highest BCUT2D eigenvalue weighted by atomic mass is 16.5. The van der Waals surface area contributed by atoms with Crippen LogP contribution in [-0.2, 0) is 0 Å². The molecular weight excluding hydrogens is 348 g/mol. The minimum absolute atomic E-state index is 0.0528. The normalized spacial score (nSPS) is 10.7. The van der Waals surface area contributed by atoms with Gasteiger partial charge in [-0.05, 0) is 18.2 Å². The summed E-state index contributed by atoms with van der Waals surface area (Å²) in [6.07, 6.45) is 4.87. The molecule has 0 unspecified atom stereocenters.